The van der Waals surface area contributed by atoms with Gasteiger partial charge < -0.3 is 56.0 Å². The van der Waals surface area contributed by atoms with Crippen LogP contribution in [0.4, 0.5) is 11.9 Å². The maximum Gasteiger partial charge on any atom is 0.490 e. The Bertz CT molecular complexity index is 2170. The number of rotatable bonds is 12. The van der Waals surface area contributed by atoms with Gasteiger partial charge in [0.05, 0.1) is 27.3 Å². The number of aromatic amines is 2. The van der Waals surface area contributed by atoms with Gasteiger partial charge in [-0.1, -0.05) is 9.97 Å². The number of anilines is 2. The molecule has 2 aliphatic heterocycles. The standard InChI is InChI=1S/C22H31N10O18P3/c1-29-5-31(15-9(29)17(37)27-21(23)25-15)19-13(35)11(33)7(47-19)3-45-51(39,40)49-53(43,44)50-52(41,42)46-4-8-12(34)14(36)20(48-8)32-6-30(2)10-16(32)26-22(24)28-18(10)38/h5-8,11-14,19-20,33-36H,3-4H2,1-2H3,(H7-2,23,24,25,26,27,28,37,38,39,40,41,42,43,44)/p+2/t7-,8?,11-,12-,13-,14-,19-,20-/m1/s1. The van der Waals surface area contributed by atoms with Crippen LogP contribution >= 0.6 is 23.5 Å². The fourth-order valence-electron chi connectivity index (χ4n) is 5.76. The van der Waals surface area contributed by atoms with Crippen molar-refractivity contribution >= 4 is 57.7 Å². The summed E-state index contributed by atoms with van der Waals surface area (Å²) in [6, 6.07) is 0. The van der Waals surface area contributed by atoms with E-state index in [0.717, 1.165) is 9.13 Å². The van der Waals surface area contributed by atoms with E-state index < -0.39 is 96.9 Å². The van der Waals surface area contributed by atoms with Gasteiger partial charge in [0.15, 0.2) is 12.7 Å². The Balaban J connectivity index is 1.05. The number of aliphatic hydroxyl groups excluding tert-OH is 4. The van der Waals surface area contributed by atoms with E-state index in [9.17, 15) is 58.4 Å². The van der Waals surface area contributed by atoms with Gasteiger partial charge in [0.25, 0.3) is 23.0 Å². The molecule has 4 unspecified atom stereocenters. The van der Waals surface area contributed by atoms with Gasteiger partial charge in [-0.3, -0.25) is 37.7 Å². The number of nitrogens with one attached hydrogen (secondary N) is 2. The molecule has 0 radical (unpaired) electrons. The van der Waals surface area contributed by atoms with Crippen LogP contribution < -0.4 is 31.7 Å². The molecule has 53 heavy (non-hydrogen) atoms. The number of phosphoric ester groups is 2. The Morgan fingerprint density at radius 3 is 1.43 bits per heavy atom. The zero-order valence-electron chi connectivity index (χ0n) is 27.0. The van der Waals surface area contributed by atoms with Crippen molar-refractivity contribution in [1.82, 2.24) is 29.1 Å². The number of nitrogens with two attached hydrogens (primary N) is 2. The largest absolute Gasteiger partial charge is 0.490 e. The summed E-state index contributed by atoms with van der Waals surface area (Å²) in [5.74, 6) is -0.558. The second-order valence-electron chi connectivity index (χ2n) is 11.8. The van der Waals surface area contributed by atoms with Crippen LogP contribution in [0.5, 0.6) is 0 Å². The molecule has 28 nitrogen and oxygen atoms in total. The molecule has 0 saturated carbocycles. The first-order valence-electron chi connectivity index (χ1n) is 14.8. The van der Waals surface area contributed by atoms with Crippen LogP contribution in [-0.2, 0) is 54.9 Å². The third-order valence-electron chi connectivity index (χ3n) is 8.02. The van der Waals surface area contributed by atoms with Gasteiger partial charge in [-0.25, -0.2) is 22.8 Å². The van der Waals surface area contributed by atoms with Crippen molar-refractivity contribution in [1.29, 1.82) is 0 Å². The summed E-state index contributed by atoms with van der Waals surface area (Å²) >= 11 is 0. The molecule has 2 saturated heterocycles. The number of aryl methyl sites for hydroxylation is 2. The summed E-state index contributed by atoms with van der Waals surface area (Å²) in [6.45, 7) is -2.16. The minimum Gasteiger partial charge on any atom is -0.387 e. The quantitative estimate of drug-likeness (QED) is 0.0470. The lowest BCUT2D eigenvalue weighted by molar-refractivity contribution is -0.746. The highest BCUT2D eigenvalue weighted by Gasteiger charge is 2.51. The second-order valence-corrected chi connectivity index (χ2v) is 16.4. The van der Waals surface area contributed by atoms with Crippen molar-refractivity contribution in [2.45, 2.75) is 49.1 Å². The molecule has 0 aliphatic carbocycles. The number of hydrogen-bond acceptors (Lipinski definition) is 19. The molecular formula is C22H33N10O18P3+2. The van der Waals surface area contributed by atoms with Gasteiger partial charge in [-0.05, 0) is 0 Å². The molecule has 31 heteroatoms. The van der Waals surface area contributed by atoms with Crippen molar-refractivity contribution in [2.24, 2.45) is 14.1 Å². The first kappa shape index (κ1) is 39.2. The summed E-state index contributed by atoms with van der Waals surface area (Å²) < 4.78 is 70.8. The molecule has 4 aromatic heterocycles. The van der Waals surface area contributed by atoms with Crippen LogP contribution in [-0.4, -0.2) is 114 Å². The highest BCUT2D eigenvalue weighted by Crippen LogP contribution is 2.67. The minimum absolute atomic E-state index is 0.0114. The summed E-state index contributed by atoms with van der Waals surface area (Å²) in [6.07, 6.45) is -10.7. The van der Waals surface area contributed by atoms with E-state index in [-0.39, 0.29) is 34.2 Å². The Morgan fingerprint density at radius 1 is 0.717 bits per heavy atom. The van der Waals surface area contributed by atoms with Crippen LogP contribution in [0.15, 0.2) is 22.2 Å². The molecule has 6 rings (SSSR count). The van der Waals surface area contributed by atoms with Gasteiger partial charge in [0, 0.05) is 0 Å². The van der Waals surface area contributed by atoms with Crippen LogP contribution in [0.3, 0.4) is 0 Å². The highest BCUT2D eigenvalue weighted by atomic mass is 31.3. The molecule has 0 amide bonds. The number of phosphoric acid groups is 3. The van der Waals surface area contributed by atoms with Crippen LogP contribution in [0.25, 0.3) is 22.3 Å². The third kappa shape index (κ3) is 7.72. The molecule has 0 bridgehead atoms. The number of aromatic nitrogens is 8. The average Bonchev–Trinajstić information content (AvgIpc) is 3.71. The molecule has 0 aromatic carbocycles. The SMILES string of the molecule is Cn1c[n+]([C@@H]2O[C@H](COP(=O)(O)OP(=O)(O)OP(=O)(O)OCC3O[C@@H]([n+]4cn(C)c5c(=O)[nH]c(N)nc54)[C@H](O)[C@@H]3O)[C@@H](O)[C@H]2O)c2nc(N)[nH]c(=O)c21. The Morgan fingerprint density at radius 2 is 1.08 bits per heavy atom. The maximum absolute atomic E-state index is 12.5. The van der Waals surface area contributed by atoms with Crippen molar-refractivity contribution in [3.05, 3.63) is 33.4 Å². The average molecular weight is 818 g/mol. The predicted octanol–water partition coefficient (Wildman–Crippen LogP) is -5.12. The first-order chi connectivity index (χ1) is 24.6. The minimum atomic E-state index is -6.00. The van der Waals surface area contributed by atoms with Gasteiger partial charge >= 0.3 is 34.8 Å². The normalized spacial score (nSPS) is 29.8. The molecule has 292 valence electrons. The van der Waals surface area contributed by atoms with Crippen LogP contribution in [0.1, 0.15) is 12.5 Å². The molecule has 11 atom stereocenters. The van der Waals surface area contributed by atoms with Gasteiger partial charge in [-0.2, -0.15) is 8.62 Å². The molecular weight excluding hydrogens is 785 g/mol. The van der Waals surface area contributed by atoms with Crippen LogP contribution in [0, 0.1) is 0 Å². The van der Waals surface area contributed by atoms with E-state index in [1.165, 1.54) is 35.9 Å². The highest BCUT2D eigenvalue weighted by molar-refractivity contribution is 7.66. The lowest BCUT2D eigenvalue weighted by Gasteiger charge is -2.21. The number of nitrogens with zero attached hydrogens (tertiary/aromatic N) is 6. The van der Waals surface area contributed by atoms with E-state index in [2.05, 4.69) is 37.6 Å². The summed E-state index contributed by atoms with van der Waals surface area (Å²) in [7, 11) is -14.4. The molecule has 2 aliphatic rings. The zero-order valence-corrected chi connectivity index (χ0v) is 29.7. The number of imidazole rings is 2. The zero-order chi connectivity index (χ0) is 38.9. The number of aliphatic hydroxyl groups is 4. The first-order valence-corrected chi connectivity index (χ1v) is 19.3. The van der Waals surface area contributed by atoms with Crippen molar-refractivity contribution in [3.63, 3.8) is 0 Å². The number of hydrogen-bond donors (Lipinski definition) is 11. The maximum atomic E-state index is 12.5. The Hall–Kier alpha value is -3.53. The van der Waals surface area contributed by atoms with E-state index in [1.807, 2.05) is 0 Å². The molecule has 13 N–H and O–H groups in total. The van der Waals surface area contributed by atoms with Crippen molar-refractivity contribution in [2.75, 3.05) is 24.7 Å². The number of ether oxygens (including phenoxy) is 2. The van der Waals surface area contributed by atoms with Crippen molar-refractivity contribution < 1.29 is 85.1 Å². The molecule has 4 aromatic rings. The fourth-order valence-corrected chi connectivity index (χ4v) is 9.28. The number of fused-ring (bicyclic) bond motifs is 2. The number of nitrogen functional groups attached to an aromatic ring is 2. The molecule has 0 spiro atoms. The smallest absolute Gasteiger partial charge is 0.387 e. The lowest BCUT2D eigenvalue weighted by Crippen LogP contribution is -2.46. The third-order valence-corrected chi connectivity index (χ3v) is 12.3. The van der Waals surface area contributed by atoms with Crippen LogP contribution in [0.2, 0.25) is 0 Å². The summed E-state index contributed by atoms with van der Waals surface area (Å²) in [5, 5.41) is 42.3. The topological polar surface area (TPSA) is 409 Å². The van der Waals surface area contributed by atoms with E-state index in [4.69, 9.17) is 20.9 Å². The summed E-state index contributed by atoms with van der Waals surface area (Å²) in [4.78, 5) is 67.3. The number of H-pyrrole nitrogens is 2. The Labute approximate surface area is 293 Å². The van der Waals surface area contributed by atoms with Gasteiger partial charge in [0.1, 0.15) is 36.6 Å². The molecule has 6 heterocycles. The van der Waals surface area contributed by atoms with E-state index >= 15 is 0 Å². The lowest BCUT2D eigenvalue weighted by atomic mass is 10.1. The predicted molar refractivity (Wildman–Crippen MR) is 167 cm³/mol. The van der Waals surface area contributed by atoms with Crippen molar-refractivity contribution in [3.8, 4) is 0 Å². The monoisotopic (exact) mass is 818 g/mol. The van der Waals surface area contributed by atoms with E-state index in [1.54, 1.807) is 0 Å². The molecule has 2 fully saturated rings. The van der Waals surface area contributed by atoms with Gasteiger partial charge in [-0.15, -0.1) is 0 Å². The van der Waals surface area contributed by atoms with E-state index in [0.29, 0.717) is 0 Å². The Kier molecular flexibility index (Phi) is 10.3. The summed E-state index contributed by atoms with van der Waals surface area (Å²) in [5.41, 5.74) is 9.85. The van der Waals surface area contributed by atoms with Gasteiger partial charge in [0.2, 0.25) is 23.5 Å². The second kappa shape index (κ2) is 14.0. The fraction of sp³-hybridized carbons (Fsp3) is 0.545.